The third-order valence-electron chi connectivity index (χ3n) is 5.76. The number of benzene rings is 1. The summed E-state index contributed by atoms with van der Waals surface area (Å²) in [6.45, 7) is 5.14. The largest absolute Gasteiger partial charge is 0.494 e. The zero-order valence-electron chi connectivity index (χ0n) is 16.8. The summed E-state index contributed by atoms with van der Waals surface area (Å²) in [6, 6.07) is 6.29. The van der Waals surface area contributed by atoms with Gasteiger partial charge in [0.15, 0.2) is 0 Å². The van der Waals surface area contributed by atoms with Crippen molar-refractivity contribution >= 4 is 17.3 Å². The van der Waals surface area contributed by atoms with Gasteiger partial charge in [-0.15, -0.1) is 0 Å². The summed E-state index contributed by atoms with van der Waals surface area (Å²) in [6.07, 6.45) is 10.1. The van der Waals surface area contributed by atoms with E-state index in [1.165, 1.54) is 44.2 Å². The Labute approximate surface area is 169 Å². The predicted molar refractivity (Wildman–Crippen MR) is 114 cm³/mol. The maximum Gasteiger partial charge on any atom is 0.120 e. The van der Waals surface area contributed by atoms with Crippen molar-refractivity contribution < 1.29 is 4.74 Å². The zero-order chi connectivity index (χ0) is 19.1. The number of likely N-dealkylation sites (tertiary alicyclic amines) is 1. The van der Waals surface area contributed by atoms with Crippen molar-refractivity contribution in [2.75, 3.05) is 26.7 Å². The van der Waals surface area contributed by atoms with Gasteiger partial charge in [0.2, 0.25) is 0 Å². The lowest BCUT2D eigenvalue weighted by Crippen LogP contribution is -2.39. The molecule has 0 spiro atoms. The molecule has 0 saturated carbocycles. The van der Waals surface area contributed by atoms with Crippen molar-refractivity contribution in [1.29, 1.82) is 0 Å². The third kappa shape index (κ3) is 5.61. The van der Waals surface area contributed by atoms with Crippen LogP contribution in [0.15, 0.2) is 23.3 Å². The molecular weight excluding hydrogens is 358 g/mol. The first-order chi connectivity index (χ1) is 13.2. The molecule has 1 aromatic carbocycles. The highest BCUT2D eigenvalue weighted by Gasteiger charge is 2.36. The molecule has 2 heterocycles. The Balaban J connectivity index is 1.45. The Morgan fingerprint density at radius 1 is 1.19 bits per heavy atom. The normalized spacial score (nSPS) is 22.3. The van der Waals surface area contributed by atoms with Gasteiger partial charge in [0.05, 0.1) is 12.6 Å². The van der Waals surface area contributed by atoms with Crippen LogP contribution < -0.4 is 10.2 Å². The molecule has 3 rings (SSSR count). The summed E-state index contributed by atoms with van der Waals surface area (Å²) in [5.74, 6) is 1.29. The molecule has 0 aliphatic carbocycles. The van der Waals surface area contributed by atoms with E-state index < -0.39 is 0 Å². The quantitative estimate of drug-likeness (QED) is 0.541. The Hall–Kier alpha value is -1.26. The number of nitrogens with zero attached hydrogens (tertiary/aromatic N) is 2. The van der Waals surface area contributed by atoms with E-state index in [0.717, 1.165) is 48.9 Å². The molecular formula is C22H34ClN3O. The summed E-state index contributed by atoms with van der Waals surface area (Å²) in [4.78, 5) is 2.37. The number of rotatable bonds is 10. The fourth-order valence-corrected chi connectivity index (χ4v) is 4.38. The van der Waals surface area contributed by atoms with Crippen molar-refractivity contribution in [3.8, 4) is 5.75 Å². The molecule has 2 atom stereocenters. The van der Waals surface area contributed by atoms with Crippen molar-refractivity contribution in [2.45, 2.75) is 64.3 Å². The van der Waals surface area contributed by atoms with Crippen molar-refractivity contribution in [3.63, 3.8) is 0 Å². The van der Waals surface area contributed by atoms with E-state index in [-0.39, 0.29) is 6.04 Å². The average molecular weight is 392 g/mol. The van der Waals surface area contributed by atoms with Gasteiger partial charge in [-0.1, -0.05) is 63.1 Å². The summed E-state index contributed by atoms with van der Waals surface area (Å²) < 4.78 is 5.91. The molecule has 1 aromatic rings. The minimum absolute atomic E-state index is 0.174. The van der Waals surface area contributed by atoms with Crippen LogP contribution in [0.4, 0.5) is 0 Å². The molecule has 4 nitrogen and oxygen atoms in total. The molecule has 5 heteroatoms. The summed E-state index contributed by atoms with van der Waals surface area (Å²) in [5.41, 5.74) is 5.72. The van der Waals surface area contributed by atoms with E-state index in [2.05, 4.69) is 41.5 Å². The topological polar surface area (TPSA) is 36.9 Å². The third-order valence-corrected chi connectivity index (χ3v) is 6.09. The molecule has 0 bridgehead atoms. The van der Waals surface area contributed by atoms with E-state index >= 15 is 0 Å². The number of fused-ring (bicyclic) bond motifs is 1. The molecule has 1 fully saturated rings. The van der Waals surface area contributed by atoms with Crippen LogP contribution in [0.2, 0.25) is 5.02 Å². The van der Waals surface area contributed by atoms with Crippen LogP contribution in [0.3, 0.4) is 0 Å². The zero-order valence-corrected chi connectivity index (χ0v) is 17.6. The maximum atomic E-state index is 6.60. The van der Waals surface area contributed by atoms with Gasteiger partial charge in [-0.3, -0.25) is 0 Å². The molecule has 150 valence electrons. The van der Waals surface area contributed by atoms with Crippen LogP contribution >= 0.6 is 11.6 Å². The van der Waals surface area contributed by atoms with Gasteiger partial charge in [-0.05, 0) is 31.2 Å². The molecule has 1 N–H and O–H groups in total. The molecule has 27 heavy (non-hydrogen) atoms. The van der Waals surface area contributed by atoms with Crippen LogP contribution in [0.5, 0.6) is 5.75 Å². The van der Waals surface area contributed by atoms with Gasteiger partial charge in [0.1, 0.15) is 5.75 Å². The first-order valence-corrected chi connectivity index (χ1v) is 11.0. The van der Waals surface area contributed by atoms with Crippen LogP contribution in [-0.2, 0) is 0 Å². The Morgan fingerprint density at radius 3 is 2.74 bits per heavy atom. The maximum absolute atomic E-state index is 6.60. The Bertz CT molecular complexity index is 634. The number of unbranched alkanes of at least 4 members (excludes halogenated alkanes) is 6. The van der Waals surface area contributed by atoms with Crippen LogP contribution in [0.25, 0.3) is 0 Å². The van der Waals surface area contributed by atoms with E-state index in [9.17, 15) is 0 Å². The molecule has 1 saturated heterocycles. The average Bonchev–Trinajstić information content (AvgIpc) is 3.07. The van der Waals surface area contributed by atoms with Gasteiger partial charge in [0.25, 0.3) is 0 Å². The van der Waals surface area contributed by atoms with Crippen molar-refractivity contribution in [2.24, 2.45) is 11.0 Å². The fraction of sp³-hybridized carbons (Fsp3) is 0.682. The van der Waals surface area contributed by atoms with Crippen LogP contribution in [-0.4, -0.2) is 37.4 Å². The van der Waals surface area contributed by atoms with E-state index in [1.54, 1.807) is 0 Å². The molecule has 2 unspecified atom stereocenters. The van der Waals surface area contributed by atoms with Gasteiger partial charge in [0, 0.05) is 36.2 Å². The fourth-order valence-electron chi connectivity index (χ4n) is 4.09. The first kappa shape index (κ1) is 20.5. The van der Waals surface area contributed by atoms with Crippen LogP contribution in [0.1, 0.15) is 69.9 Å². The lowest BCUT2D eigenvalue weighted by Gasteiger charge is -2.31. The van der Waals surface area contributed by atoms with Gasteiger partial charge < -0.3 is 15.1 Å². The predicted octanol–water partition coefficient (Wildman–Crippen LogP) is 5.42. The second-order valence-corrected chi connectivity index (χ2v) is 8.39. The summed E-state index contributed by atoms with van der Waals surface area (Å²) in [7, 11) is 2.18. The number of nitrogens with one attached hydrogen (secondary N) is 1. The standard InChI is InChI=1S/C22H34ClN3O/c1-3-4-5-6-7-8-9-14-27-17-10-11-18(20(23)15-17)22-19-16-26(2)13-12-21(19)24-25-22/h10-11,15,19,22,25H,3-9,12-14,16H2,1-2H3. The SMILES string of the molecule is CCCCCCCCCOc1ccc(C2NN=C3CCN(C)CC32)c(Cl)c1. The molecule has 0 amide bonds. The number of hydrazone groups is 1. The highest BCUT2D eigenvalue weighted by molar-refractivity contribution is 6.31. The van der Waals surface area contributed by atoms with Crippen molar-refractivity contribution in [3.05, 3.63) is 28.8 Å². The highest BCUT2D eigenvalue weighted by Crippen LogP contribution is 2.36. The van der Waals surface area contributed by atoms with E-state index in [1.807, 2.05) is 6.07 Å². The summed E-state index contributed by atoms with van der Waals surface area (Å²) in [5, 5.41) is 5.33. The number of hydrogen-bond acceptors (Lipinski definition) is 4. The van der Waals surface area contributed by atoms with Gasteiger partial charge >= 0.3 is 0 Å². The molecule has 2 aliphatic heterocycles. The lowest BCUT2D eigenvalue weighted by atomic mass is 9.86. The Morgan fingerprint density at radius 2 is 1.96 bits per heavy atom. The number of ether oxygens (including phenoxy) is 1. The number of halogens is 1. The molecule has 0 radical (unpaired) electrons. The Kier molecular flexibility index (Phi) is 7.83. The minimum Gasteiger partial charge on any atom is -0.494 e. The summed E-state index contributed by atoms with van der Waals surface area (Å²) >= 11 is 6.60. The second kappa shape index (κ2) is 10.3. The van der Waals surface area contributed by atoms with Gasteiger partial charge in [-0.25, -0.2) is 0 Å². The lowest BCUT2D eigenvalue weighted by molar-refractivity contribution is 0.272. The van der Waals surface area contributed by atoms with Crippen LogP contribution in [0, 0.1) is 5.92 Å². The number of hydrogen-bond donors (Lipinski definition) is 1. The molecule has 0 aromatic heterocycles. The first-order valence-electron chi connectivity index (χ1n) is 10.6. The van der Waals surface area contributed by atoms with Crippen molar-refractivity contribution in [1.82, 2.24) is 10.3 Å². The number of piperidine rings is 1. The van der Waals surface area contributed by atoms with E-state index in [0.29, 0.717) is 5.92 Å². The second-order valence-electron chi connectivity index (χ2n) is 7.98. The van der Waals surface area contributed by atoms with E-state index in [4.69, 9.17) is 16.3 Å². The highest BCUT2D eigenvalue weighted by atomic mass is 35.5. The van der Waals surface area contributed by atoms with Gasteiger partial charge in [-0.2, -0.15) is 5.10 Å². The molecule has 2 aliphatic rings. The minimum atomic E-state index is 0.174. The monoisotopic (exact) mass is 391 g/mol. The smallest absolute Gasteiger partial charge is 0.120 e.